The smallest absolute Gasteiger partial charge is 0.229 e. The van der Waals surface area contributed by atoms with Gasteiger partial charge in [-0.1, -0.05) is 24.3 Å². The molecule has 2 N–H and O–H groups in total. The number of imide groups is 1. The van der Waals surface area contributed by atoms with Crippen LogP contribution in [-0.2, 0) is 27.5 Å². The standard InChI is InChI=1S/C15H18N2O4/c18-10-12-3-1-11(2-4-12)9-16-13(19)7-8-17-14(20)5-6-15(17)21/h1-4,18H,5-10H2,(H,16,19). The van der Waals surface area contributed by atoms with Gasteiger partial charge in [0.1, 0.15) is 0 Å². The predicted molar refractivity (Wildman–Crippen MR) is 74.8 cm³/mol. The molecule has 1 saturated heterocycles. The summed E-state index contributed by atoms with van der Waals surface area (Å²) in [5.74, 6) is -0.603. The minimum atomic E-state index is -0.201. The highest BCUT2D eigenvalue weighted by atomic mass is 16.3. The Kier molecular flexibility index (Phi) is 5.05. The maximum absolute atomic E-state index is 11.7. The molecule has 0 saturated carbocycles. The van der Waals surface area contributed by atoms with Gasteiger partial charge in [0.2, 0.25) is 17.7 Å². The van der Waals surface area contributed by atoms with E-state index in [9.17, 15) is 14.4 Å². The summed E-state index contributed by atoms with van der Waals surface area (Å²) < 4.78 is 0. The zero-order valence-corrected chi connectivity index (χ0v) is 11.7. The quantitative estimate of drug-likeness (QED) is 0.739. The lowest BCUT2D eigenvalue weighted by Crippen LogP contribution is -2.34. The third-order valence-corrected chi connectivity index (χ3v) is 3.41. The Bertz CT molecular complexity index is 523. The highest BCUT2D eigenvalue weighted by Gasteiger charge is 2.28. The van der Waals surface area contributed by atoms with E-state index in [0.29, 0.717) is 6.54 Å². The molecule has 1 aliphatic rings. The van der Waals surface area contributed by atoms with E-state index >= 15 is 0 Å². The van der Waals surface area contributed by atoms with Crippen molar-refractivity contribution in [2.75, 3.05) is 6.54 Å². The van der Waals surface area contributed by atoms with Crippen molar-refractivity contribution in [2.45, 2.75) is 32.4 Å². The second-order valence-corrected chi connectivity index (χ2v) is 4.94. The normalized spacial score (nSPS) is 14.6. The number of amides is 3. The molecule has 2 rings (SSSR count). The number of benzene rings is 1. The van der Waals surface area contributed by atoms with Crippen molar-refractivity contribution in [3.8, 4) is 0 Å². The van der Waals surface area contributed by atoms with Crippen LogP contribution in [0.15, 0.2) is 24.3 Å². The molecule has 1 heterocycles. The molecule has 1 aromatic rings. The van der Waals surface area contributed by atoms with E-state index in [2.05, 4.69) is 5.32 Å². The summed E-state index contributed by atoms with van der Waals surface area (Å²) in [5.41, 5.74) is 1.74. The largest absolute Gasteiger partial charge is 0.392 e. The molecule has 3 amide bonds. The van der Waals surface area contributed by atoms with Gasteiger partial charge >= 0.3 is 0 Å². The lowest BCUT2D eigenvalue weighted by molar-refractivity contribution is -0.138. The third-order valence-electron chi connectivity index (χ3n) is 3.41. The Morgan fingerprint density at radius 3 is 2.24 bits per heavy atom. The van der Waals surface area contributed by atoms with Gasteiger partial charge in [-0.2, -0.15) is 0 Å². The number of nitrogens with one attached hydrogen (secondary N) is 1. The summed E-state index contributed by atoms with van der Waals surface area (Å²) in [4.78, 5) is 35.6. The van der Waals surface area contributed by atoms with Gasteiger partial charge in [-0.3, -0.25) is 19.3 Å². The average molecular weight is 290 g/mol. The summed E-state index contributed by atoms with van der Waals surface area (Å²) >= 11 is 0. The van der Waals surface area contributed by atoms with E-state index in [4.69, 9.17) is 5.11 Å². The van der Waals surface area contributed by atoms with Crippen LogP contribution in [0.1, 0.15) is 30.4 Å². The van der Waals surface area contributed by atoms with Gasteiger partial charge in [0.25, 0.3) is 0 Å². The lowest BCUT2D eigenvalue weighted by atomic mass is 10.1. The molecule has 1 aromatic carbocycles. The molecule has 1 fully saturated rings. The fourth-order valence-corrected chi connectivity index (χ4v) is 2.14. The van der Waals surface area contributed by atoms with Crippen molar-refractivity contribution in [3.05, 3.63) is 35.4 Å². The van der Waals surface area contributed by atoms with Crippen LogP contribution in [0.25, 0.3) is 0 Å². The van der Waals surface area contributed by atoms with Crippen LogP contribution in [0.4, 0.5) is 0 Å². The van der Waals surface area contributed by atoms with E-state index < -0.39 is 0 Å². The van der Waals surface area contributed by atoms with E-state index in [1.165, 1.54) is 0 Å². The van der Waals surface area contributed by atoms with E-state index in [-0.39, 0.29) is 50.1 Å². The van der Waals surface area contributed by atoms with Gasteiger partial charge in [0.05, 0.1) is 6.61 Å². The molecule has 0 spiro atoms. The van der Waals surface area contributed by atoms with Crippen LogP contribution in [0.3, 0.4) is 0 Å². The number of aliphatic hydroxyl groups is 1. The number of carbonyl (C=O) groups excluding carboxylic acids is 3. The monoisotopic (exact) mass is 290 g/mol. The summed E-state index contributed by atoms with van der Waals surface area (Å²) in [7, 11) is 0. The fourth-order valence-electron chi connectivity index (χ4n) is 2.14. The number of nitrogens with zero attached hydrogens (tertiary/aromatic N) is 1. The van der Waals surface area contributed by atoms with Crippen LogP contribution in [0.2, 0.25) is 0 Å². The molecule has 0 aliphatic carbocycles. The predicted octanol–water partition coefficient (Wildman–Crippen LogP) is 0.334. The maximum Gasteiger partial charge on any atom is 0.229 e. The molecule has 6 nitrogen and oxygen atoms in total. The van der Waals surface area contributed by atoms with Crippen molar-refractivity contribution < 1.29 is 19.5 Å². The van der Waals surface area contributed by atoms with Gasteiger partial charge in [0.15, 0.2) is 0 Å². The van der Waals surface area contributed by atoms with Crippen molar-refractivity contribution >= 4 is 17.7 Å². The van der Waals surface area contributed by atoms with Crippen molar-refractivity contribution in [3.63, 3.8) is 0 Å². The molecule has 0 bridgehead atoms. The molecule has 6 heteroatoms. The topological polar surface area (TPSA) is 86.7 Å². The summed E-state index contributed by atoms with van der Waals surface area (Å²) in [6, 6.07) is 7.25. The van der Waals surface area contributed by atoms with Crippen LogP contribution in [-0.4, -0.2) is 34.3 Å². The molecule has 112 valence electrons. The zero-order valence-electron chi connectivity index (χ0n) is 11.7. The van der Waals surface area contributed by atoms with E-state index in [0.717, 1.165) is 16.0 Å². The Balaban J connectivity index is 1.74. The van der Waals surface area contributed by atoms with Crippen molar-refractivity contribution in [1.82, 2.24) is 10.2 Å². The van der Waals surface area contributed by atoms with Crippen LogP contribution in [0, 0.1) is 0 Å². The minimum absolute atomic E-state index is 0.00939. The van der Waals surface area contributed by atoms with Gasteiger partial charge < -0.3 is 10.4 Å². The van der Waals surface area contributed by atoms with Gasteiger partial charge in [0, 0.05) is 32.4 Å². The van der Waals surface area contributed by atoms with Crippen molar-refractivity contribution in [1.29, 1.82) is 0 Å². The molecular formula is C15H18N2O4. The number of carbonyl (C=O) groups is 3. The molecule has 1 aliphatic heterocycles. The second kappa shape index (κ2) is 6.99. The molecule has 0 radical (unpaired) electrons. The number of rotatable bonds is 6. The molecular weight excluding hydrogens is 272 g/mol. The summed E-state index contributed by atoms with van der Waals surface area (Å²) in [6.07, 6.45) is 0.613. The Morgan fingerprint density at radius 2 is 1.67 bits per heavy atom. The lowest BCUT2D eigenvalue weighted by Gasteiger charge is -2.13. The van der Waals surface area contributed by atoms with Crippen molar-refractivity contribution in [2.24, 2.45) is 0 Å². The van der Waals surface area contributed by atoms with E-state index in [1.54, 1.807) is 12.1 Å². The number of hydrogen-bond donors (Lipinski definition) is 2. The first-order chi connectivity index (χ1) is 10.1. The fraction of sp³-hybridized carbons (Fsp3) is 0.400. The number of likely N-dealkylation sites (tertiary alicyclic amines) is 1. The van der Waals surface area contributed by atoms with Gasteiger partial charge in [-0.05, 0) is 11.1 Å². The SMILES string of the molecule is O=C(CCN1C(=O)CCC1=O)NCc1ccc(CO)cc1. The first kappa shape index (κ1) is 15.2. The maximum atomic E-state index is 11.7. The number of aliphatic hydroxyl groups excluding tert-OH is 1. The van der Waals surface area contributed by atoms with Crippen LogP contribution >= 0.6 is 0 Å². The van der Waals surface area contributed by atoms with Gasteiger partial charge in [-0.25, -0.2) is 0 Å². The zero-order chi connectivity index (χ0) is 15.2. The Labute approximate surface area is 122 Å². The van der Waals surface area contributed by atoms with Crippen LogP contribution in [0.5, 0.6) is 0 Å². The Morgan fingerprint density at radius 1 is 1.10 bits per heavy atom. The first-order valence-corrected chi connectivity index (χ1v) is 6.88. The van der Waals surface area contributed by atoms with Crippen LogP contribution < -0.4 is 5.32 Å². The highest BCUT2D eigenvalue weighted by Crippen LogP contribution is 2.11. The third kappa shape index (κ3) is 4.13. The summed E-state index contributed by atoms with van der Waals surface area (Å²) in [6.45, 7) is 0.518. The number of hydrogen-bond acceptors (Lipinski definition) is 4. The summed E-state index contributed by atoms with van der Waals surface area (Å²) in [5, 5.41) is 11.7. The van der Waals surface area contributed by atoms with E-state index in [1.807, 2.05) is 12.1 Å². The van der Waals surface area contributed by atoms with Gasteiger partial charge in [-0.15, -0.1) is 0 Å². The highest BCUT2D eigenvalue weighted by molar-refractivity contribution is 6.02. The minimum Gasteiger partial charge on any atom is -0.392 e. The first-order valence-electron chi connectivity index (χ1n) is 6.88. The second-order valence-electron chi connectivity index (χ2n) is 4.94. The molecule has 0 aromatic heterocycles. The molecule has 21 heavy (non-hydrogen) atoms. The molecule has 0 unspecified atom stereocenters. The Hall–Kier alpha value is -2.21. The average Bonchev–Trinajstić information content (AvgIpc) is 2.82. The molecule has 0 atom stereocenters.